The first-order valence-electron chi connectivity index (χ1n) is 5.27. The molecule has 3 heteroatoms. The Morgan fingerprint density at radius 1 is 1.33 bits per heavy atom. The van der Waals surface area contributed by atoms with Gasteiger partial charge in [-0.2, -0.15) is 0 Å². The molecule has 2 rings (SSSR count). The summed E-state index contributed by atoms with van der Waals surface area (Å²) in [6.45, 7) is 1.48. The predicted molar refractivity (Wildman–Crippen MR) is 62.1 cm³/mol. The zero-order valence-corrected chi connectivity index (χ0v) is 9.55. The Bertz CT molecular complexity index is 389. The third-order valence-electron chi connectivity index (χ3n) is 2.86. The number of amides is 1. The second-order valence-electron chi connectivity index (χ2n) is 3.92. The van der Waals surface area contributed by atoms with Gasteiger partial charge < -0.3 is 0 Å². The summed E-state index contributed by atoms with van der Waals surface area (Å²) in [4.78, 5) is 11.2. The van der Waals surface area contributed by atoms with E-state index in [1.54, 1.807) is 0 Å². The minimum Gasteiger partial charge on any atom is -0.274 e. The zero-order chi connectivity index (χ0) is 10.8. The maximum absolute atomic E-state index is 11.2. The van der Waals surface area contributed by atoms with Crippen LogP contribution in [0.3, 0.4) is 0 Å². The van der Waals surface area contributed by atoms with Gasteiger partial charge in [0.2, 0.25) is 5.91 Å². The Kier molecular flexibility index (Phi) is 2.96. The van der Waals surface area contributed by atoms with E-state index in [0.717, 1.165) is 18.5 Å². The van der Waals surface area contributed by atoms with Gasteiger partial charge in [-0.1, -0.05) is 12.1 Å². The molecule has 15 heavy (non-hydrogen) atoms. The smallest absolute Gasteiger partial charge is 0.238 e. The number of rotatable bonds is 1. The molecule has 0 atom stereocenters. The summed E-state index contributed by atoms with van der Waals surface area (Å²) in [6.07, 6.45) is 4.55. The summed E-state index contributed by atoms with van der Waals surface area (Å²) in [5, 5.41) is 0. The highest BCUT2D eigenvalue weighted by Crippen LogP contribution is 2.31. The fourth-order valence-corrected chi connectivity index (χ4v) is 2.27. The van der Waals surface area contributed by atoms with Crippen LogP contribution >= 0.6 is 11.8 Å². The first-order chi connectivity index (χ1) is 7.20. The van der Waals surface area contributed by atoms with Crippen molar-refractivity contribution in [2.75, 3.05) is 4.42 Å². The van der Waals surface area contributed by atoms with Gasteiger partial charge in [0.25, 0.3) is 0 Å². The topological polar surface area (TPSA) is 20.3 Å². The molecule has 0 unspecified atom stereocenters. The summed E-state index contributed by atoms with van der Waals surface area (Å²) < 4.78 is 1.23. The second-order valence-corrected chi connectivity index (χ2v) is 4.26. The summed E-state index contributed by atoms with van der Waals surface area (Å²) in [5.41, 5.74) is 3.45. The van der Waals surface area contributed by atoms with Crippen molar-refractivity contribution in [3.63, 3.8) is 0 Å². The highest BCUT2D eigenvalue weighted by atomic mass is 35.5. The number of nitrogens with zero attached hydrogens (tertiary/aromatic N) is 1. The summed E-state index contributed by atoms with van der Waals surface area (Å²) >= 11 is 5.96. The van der Waals surface area contributed by atoms with Gasteiger partial charge in [0.1, 0.15) is 0 Å². The minimum atomic E-state index is -0.129. The van der Waals surface area contributed by atoms with Gasteiger partial charge in [-0.05, 0) is 42.9 Å². The van der Waals surface area contributed by atoms with Crippen LogP contribution in [0.1, 0.15) is 30.9 Å². The average molecular weight is 224 g/mol. The monoisotopic (exact) mass is 223 g/mol. The van der Waals surface area contributed by atoms with Gasteiger partial charge in [-0.25, -0.2) is 4.42 Å². The highest BCUT2D eigenvalue weighted by Gasteiger charge is 2.17. The Morgan fingerprint density at radius 2 is 2.07 bits per heavy atom. The molecule has 0 aromatic heterocycles. The first-order valence-corrected chi connectivity index (χ1v) is 5.61. The molecule has 1 amide bonds. The van der Waals surface area contributed by atoms with Crippen molar-refractivity contribution in [1.29, 1.82) is 0 Å². The fraction of sp³-hybridized carbons (Fsp3) is 0.417. The number of benzene rings is 1. The number of fused-ring (bicyclic) bond motifs is 1. The number of halogens is 1. The lowest BCUT2D eigenvalue weighted by Crippen LogP contribution is -2.19. The summed E-state index contributed by atoms with van der Waals surface area (Å²) in [6, 6.07) is 6.01. The molecule has 0 aliphatic heterocycles. The van der Waals surface area contributed by atoms with Crippen molar-refractivity contribution in [2.24, 2.45) is 0 Å². The van der Waals surface area contributed by atoms with Gasteiger partial charge in [-0.15, -0.1) is 0 Å². The van der Waals surface area contributed by atoms with E-state index in [2.05, 4.69) is 6.07 Å². The molecular formula is C12H14ClNO. The maximum atomic E-state index is 11.2. The molecule has 0 fully saturated rings. The SMILES string of the molecule is CC(=O)N(Cl)c1cccc2c1CCCC2. The molecular weight excluding hydrogens is 210 g/mol. The predicted octanol–water partition coefficient (Wildman–Crippen LogP) is 3.07. The molecule has 0 saturated carbocycles. The Hall–Kier alpha value is -1.02. The Balaban J connectivity index is 2.43. The van der Waals surface area contributed by atoms with E-state index in [0.29, 0.717) is 0 Å². The fourth-order valence-electron chi connectivity index (χ4n) is 2.11. The van der Waals surface area contributed by atoms with Crippen LogP contribution < -0.4 is 4.42 Å². The van der Waals surface area contributed by atoms with Crippen molar-refractivity contribution in [3.05, 3.63) is 29.3 Å². The van der Waals surface area contributed by atoms with Gasteiger partial charge in [0.05, 0.1) is 5.69 Å². The standard InChI is InChI=1S/C12H14ClNO/c1-9(15)14(13)12-8-4-6-10-5-2-3-7-11(10)12/h4,6,8H,2-3,5,7H2,1H3. The third-order valence-corrected chi connectivity index (χ3v) is 3.28. The molecule has 1 aliphatic carbocycles. The van der Waals surface area contributed by atoms with Crippen molar-refractivity contribution in [3.8, 4) is 0 Å². The van der Waals surface area contributed by atoms with Crippen LogP contribution in [0.25, 0.3) is 0 Å². The number of carbonyl (C=O) groups is 1. The van der Waals surface area contributed by atoms with Crippen LogP contribution in [-0.2, 0) is 17.6 Å². The molecule has 0 bridgehead atoms. The molecule has 2 nitrogen and oxygen atoms in total. The lowest BCUT2D eigenvalue weighted by molar-refractivity contribution is -0.115. The molecule has 0 spiro atoms. The van der Waals surface area contributed by atoms with E-state index in [4.69, 9.17) is 11.8 Å². The molecule has 0 N–H and O–H groups in total. The van der Waals surface area contributed by atoms with Gasteiger partial charge >= 0.3 is 0 Å². The molecule has 0 saturated heterocycles. The van der Waals surface area contributed by atoms with Gasteiger partial charge in [0, 0.05) is 18.7 Å². The largest absolute Gasteiger partial charge is 0.274 e. The number of anilines is 1. The molecule has 0 heterocycles. The van der Waals surface area contributed by atoms with Crippen LogP contribution in [0.2, 0.25) is 0 Å². The molecule has 0 radical (unpaired) electrons. The van der Waals surface area contributed by atoms with E-state index in [1.165, 1.54) is 35.3 Å². The van der Waals surface area contributed by atoms with Crippen molar-refractivity contribution in [1.82, 2.24) is 0 Å². The van der Waals surface area contributed by atoms with Crippen molar-refractivity contribution in [2.45, 2.75) is 32.6 Å². The highest BCUT2D eigenvalue weighted by molar-refractivity contribution is 6.36. The number of hydrogen-bond acceptors (Lipinski definition) is 1. The van der Waals surface area contributed by atoms with E-state index in [-0.39, 0.29) is 5.91 Å². The van der Waals surface area contributed by atoms with Crippen molar-refractivity contribution >= 4 is 23.4 Å². The first kappa shape index (κ1) is 10.5. The second kappa shape index (κ2) is 4.23. The number of aryl methyl sites for hydroxylation is 1. The van der Waals surface area contributed by atoms with Gasteiger partial charge in [-0.3, -0.25) is 4.79 Å². The Labute approximate surface area is 95.0 Å². The van der Waals surface area contributed by atoms with E-state index < -0.39 is 0 Å². The van der Waals surface area contributed by atoms with E-state index in [1.807, 2.05) is 12.1 Å². The number of carbonyl (C=O) groups excluding carboxylic acids is 1. The quantitative estimate of drug-likeness (QED) is 0.670. The molecule has 1 aromatic carbocycles. The maximum Gasteiger partial charge on any atom is 0.238 e. The lowest BCUT2D eigenvalue weighted by atomic mass is 9.90. The lowest BCUT2D eigenvalue weighted by Gasteiger charge is -2.22. The van der Waals surface area contributed by atoms with Crippen LogP contribution in [0.4, 0.5) is 5.69 Å². The van der Waals surface area contributed by atoms with Gasteiger partial charge in [0.15, 0.2) is 0 Å². The van der Waals surface area contributed by atoms with Crippen LogP contribution in [0.15, 0.2) is 18.2 Å². The van der Waals surface area contributed by atoms with E-state index in [9.17, 15) is 4.79 Å². The Morgan fingerprint density at radius 3 is 2.80 bits per heavy atom. The van der Waals surface area contributed by atoms with Crippen molar-refractivity contribution < 1.29 is 4.79 Å². The normalized spacial score (nSPS) is 14.5. The summed E-state index contributed by atoms with van der Waals surface area (Å²) in [7, 11) is 0. The number of hydrogen-bond donors (Lipinski definition) is 0. The molecule has 1 aliphatic rings. The van der Waals surface area contributed by atoms with Crippen LogP contribution in [-0.4, -0.2) is 5.91 Å². The molecule has 1 aromatic rings. The van der Waals surface area contributed by atoms with Crippen LogP contribution in [0.5, 0.6) is 0 Å². The van der Waals surface area contributed by atoms with Crippen LogP contribution in [0, 0.1) is 0 Å². The third kappa shape index (κ3) is 2.00. The van der Waals surface area contributed by atoms with E-state index >= 15 is 0 Å². The zero-order valence-electron chi connectivity index (χ0n) is 8.79. The molecule has 80 valence electrons. The minimum absolute atomic E-state index is 0.129. The summed E-state index contributed by atoms with van der Waals surface area (Å²) in [5.74, 6) is -0.129. The average Bonchev–Trinajstić information content (AvgIpc) is 2.27.